The van der Waals surface area contributed by atoms with Crippen LogP contribution in [0.1, 0.15) is 60.9 Å². The number of carbonyl (C=O) groups excluding carboxylic acids is 1. The second-order valence-corrected chi connectivity index (χ2v) is 10.5. The Bertz CT molecular complexity index is 1090. The van der Waals surface area contributed by atoms with Crippen molar-refractivity contribution in [1.82, 2.24) is 20.2 Å². The monoisotopic (exact) mass is 493 g/mol. The van der Waals surface area contributed by atoms with Crippen molar-refractivity contribution in [3.05, 3.63) is 55.2 Å². The van der Waals surface area contributed by atoms with E-state index in [-0.39, 0.29) is 39.6 Å². The minimum atomic E-state index is -0.473. The SMILES string of the molecule is Cc1cc(C)c(CNC(=O)c2nc(Cl)cc(N(C)C3CCN(C(C)(C)C)CC3)c2Cl)c(=O)[nH]1. The first-order chi connectivity index (χ1) is 15.4. The van der Waals surface area contributed by atoms with Gasteiger partial charge in [-0.25, -0.2) is 4.98 Å². The third-order valence-corrected chi connectivity index (χ3v) is 6.95. The van der Waals surface area contributed by atoms with Crippen LogP contribution in [0.5, 0.6) is 0 Å². The Morgan fingerprint density at radius 3 is 2.45 bits per heavy atom. The third kappa shape index (κ3) is 5.89. The molecule has 0 aliphatic carbocycles. The molecule has 1 aliphatic rings. The molecule has 0 bridgehead atoms. The van der Waals surface area contributed by atoms with Gasteiger partial charge in [-0.15, -0.1) is 0 Å². The summed E-state index contributed by atoms with van der Waals surface area (Å²) in [5.41, 5.74) is 2.73. The first kappa shape index (κ1) is 25.5. The molecule has 0 atom stereocenters. The maximum absolute atomic E-state index is 12.9. The van der Waals surface area contributed by atoms with E-state index in [1.165, 1.54) is 0 Å². The quantitative estimate of drug-likeness (QED) is 0.605. The molecule has 2 aromatic rings. The van der Waals surface area contributed by atoms with Crippen LogP contribution in [0.15, 0.2) is 16.9 Å². The molecular weight excluding hydrogens is 461 g/mol. The number of amides is 1. The van der Waals surface area contributed by atoms with E-state index < -0.39 is 5.91 Å². The van der Waals surface area contributed by atoms with Crippen molar-refractivity contribution in [3.63, 3.8) is 0 Å². The van der Waals surface area contributed by atoms with Crippen LogP contribution < -0.4 is 15.8 Å². The third-order valence-electron chi connectivity index (χ3n) is 6.38. The fourth-order valence-corrected chi connectivity index (χ4v) is 4.87. The fraction of sp³-hybridized carbons (Fsp3) is 0.542. The summed E-state index contributed by atoms with van der Waals surface area (Å²) in [5, 5.41) is 3.22. The largest absolute Gasteiger partial charge is 0.370 e. The molecule has 1 fully saturated rings. The molecule has 1 saturated heterocycles. The molecule has 0 spiro atoms. The minimum absolute atomic E-state index is 0.0549. The van der Waals surface area contributed by atoms with Gasteiger partial charge in [0.2, 0.25) is 0 Å². The van der Waals surface area contributed by atoms with E-state index >= 15 is 0 Å². The number of piperidine rings is 1. The summed E-state index contributed by atoms with van der Waals surface area (Å²) in [6.45, 7) is 12.4. The molecule has 0 unspecified atom stereocenters. The summed E-state index contributed by atoms with van der Waals surface area (Å²) < 4.78 is 0. The van der Waals surface area contributed by atoms with Crippen molar-refractivity contribution in [2.24, 2.45) is 0 Å². The van der Waals surface area contributed by atoms with Gasteiger partial charge in [-0.2, -0.15) is 0 Å². The molecule has 1 amide bonds. The number of aryl methyl sites for hydroxylation is 2. The van der Waals surface area contributed by atoms with Crippen molar-refractivity contribution >= 4 is 34.8 Å². The molecule has 3 rings (SSSR count). The molecule has 1 aliphatic heterocycles. The summed E-state index contributed by atoms with van der Waals surface area (Å²) in [4.78, 5) is 36.7. The van der Waals surface area contributed by atoms with Crippen LogP contribution >= 0.6 is 23.2 Å². The average molecular weight is 494 g/mol. The Balaban J connectivity index is 1.77. The Labute approximate surface area is 205 Å². The number of hydrogen-bond donors (Lipinski definition) is 2. The number of hydrogen-bond acceptors (Lipinski definition) is 5. The van der Waals surface area contributed by atoms with E-state index in [9.17, 15) is 9.59 Å². The topological polar surface area (TPSA) is 81.3 Å². The number of likely N-dealkylation sites (tertiary alicyclic amines) is 1. The van der Waals surface area contributed by atoms with Crippen LogP contribution in [0, 0.1) is 13.8 Å². The number of aromatic nitrogens is 2. The average Bonchev–Trinajstić information content (AvgIpc) is 2.73. The van der Waals surface area contributed by atoms with Crippen LogP contribution in [0.4, 0.5) is 5.69 Å². The van der Waals surface area contributed by atoms with Crippen LogP contribution in [0.25, 0.3) is 0 Å². The maximum Gasteiger partial charge on any atom is 0.271 e. The van der Waals surface area contributed by atoms with Gasteiger partial charge in [-0.05, 0) is 59.1 Å². The number of pyridine rings is 2. The van der Waals surface area contributed by atoms with Gasteiger partial charge in [-0.3, -0.25) is 14.5 Å². The van der Waals surface area contributed by atoms with Gasteiger partial charge >= 0.3 is 0 Å². The number of halogens is 2. The van der Waals surface area contributed by atoms with Crippen LogP contribution in [-0.2, 0) is 6.54 Å². The second-order valence-electron chi connectivity index (χ2n) is 9.75. The molecule has 0 radical (unpaired) electrons. The van der Waals surface area contributed by atoms with Crippen molar-refractivity contribution in [2.45, 2.75) is 65.6 Å². The summed E-state index contributed by atoms with van der Waals surface area (Å²) >= 11 is 12.9. The number of carbonyl (C=O) groups is 1. The van der Waals surface area contributed by atoms with Crippen LogP contribution in [0.3, 0.4) is 0 Å². The number of aromatic amines is 1. The zero-order valence-electron chi connectivity index (χ0n) is 20.2. The van der Waals surface area contributed by atoms with E-state index in [0.29, 0.717) is 11.3 Å². The van der Waals surface area contributed by atoms with E-state index in [0.717, 1.165) is 37.2 Å². The second kappa shape index (κ2) is 10.0. The number of H-pyrrole nitrogens is 1. The van der Waals surface area contributed by atoms with Crippen molar-refractivity contribution in [1.29, 1.82) is 0 Å². The summed E-state index contributed by atoms with van der Waals surface area (Å²) in [7, 11) is 1.98. The Morgan fingerprint density at radius 1 is 1.24 bits per heavy atom. The molecule has 0 saturated carbocycles. The normalized spacial score (nSPS) is 15.5. The lowest BCUT2D eigenvalue weighted by Crippen LogP contribution is -2.50. The molecule has 9 heteroatoms. The van der Waals surface area contributed by atoms with Crippen molar-refractivity contribution in [3.8, 4) is 0 Å². The van der Waals surface area contributed by atoms with E-state index in [4.69, 9.17) is 23.2 Å². The lowest BCUT2D eigenvalue weighted by atomic mass is 9.97. The lowest BCUT2D eigenvalue weighted by Gasteiger charge is -2.43. The van der Waals surface area contributed by atoms with Gasteiger partial charge in [0, 0.05) is 55.6 Å². The number of nitrogens with zero attached hydrogens (tertiary/aromatic N) is 3. The molecule has 2 N–H and O–H groups in total. The van der Waals surface area contributed by atoms with E-state index in [2.05, 4.69) is 45.9 Å². The zero-order valence-corrected chi connectivity index (χ0v) is 21.7. The number of rotatable bonds is 5. The predicted molar refractivity (Wildman–Crippen MR) is 135 cm³/mol. The molecule has 3 heterocycles. The lowest BCUT2D eigenvalue weighted by molar-refractivity contribution is 0.0945. The molecule has 180 valence electrons. The van der Waals surface area contributed by atoms with E-state index in [1.807, 2.05) is 27.0 Å². The number of nitrogens with one attached hydrogen (secondary N) is 2. The number of anilines is 1. The fourth-order valence-electron chi connectivity index (χ4n) is 4.37. The molecular formula is C24H33Cl2N5O2. The highest BCUT2D eigenvalue weighted by molar-refractivity contribution is 6.37. The Morgan fingerprint density at radius 2 is 1.88 bits per heavy atom. The van der Waals surface area contributed by atoms with E-state index in [1.54, 1.807) is 6.07 Å². The molecule has 0 aromatic carbocycles. The maximum atomic E-state index is 12.9. The highest BCUT2D eigenvalue weighted by atomic mass is 35.5. The molecule has 7 nitrogen and oxygen atoms in total. The first-order valence-electron chi connectivity index (χ1n) is 11.2. The molecule has 2 aromatic heterocycles. The minimum Gasteiger partial charge on any atom is -0.370 e. The van der Waals surface area contributed by atoms with Gasteiger partial charge < -0.3 is 15.2 Å². The van der Waals surface area contributed by atoms with Crippen LogP contribution in [-0.4, -0.2) is 52.5 Å². The summed E-state index contributed by atoms with van der Waals surface area (Å²) in [6, 6.07) is 3.85. The van der Waals surface area contributed by atoms with Gasteiger partial charge in [0.1, 0.15) is 5.15 Å². The first-order valence-corrected chi connectivity index (χ1v) is 12.0. The Kier molecular flexibility index (Phi) is 7.76. The highest BCUT2D eigenvalue weighted by Crippen LogP contribution is 2.34. The van der Waals surface area contributed by atoms with Crippen molar-refractivity contribution < 1.29 is 4.79 Å². The molecule has 33 heavy (non-hydrogen) atoms. The predicted octanol–water partition coefficient (Wildman–Crippen LogP) is 4.32. The van der Waals surface area contributed by atoms with Crippen molar-refractivity contribution in [2.75, 3.05) is 25.0 Å². The summed E-state index contributed by atoms with van der Waals surface area (Å²) in [5.74, 6) is -0.473. The van der Waals surface area contributed by atoms with Gasteiger partial charge in [0.15, 0.2) is 5.69 Å². The smallest absolute Gasteiger partial charge is 0.271 e. The highest BCUT2D eigenvalue weighted by Gasteiger charge is 2.30. The zero-order chi connectivity index (χ0) is 24.5. The van der Waals surface area contributed by atoms with Gasteiger partial charge in [-0.1, -0.05) is 23.2 Å². The van der Waals surface area contributed by atoms with Gasteiger partial charge in [0.05, 0.1) is 10.7 Å². The Hall–Kier alpha value is -2.09. The van der Waals surface area contributed by atoms with Crippen LogP contribution in [0.2, 0.25) is 10.2 Å². The standard InChI is InChI=1S/C24H33Cl2N5O2/c1-14-11-15(2)28-22(32)17(14)13-27-23(33)21-20(26)18(12-19(25)29-21)30(6)16-7-9-31(10-8-16)24(3,4)5/h11-12,16H,7-10,13H2,1-6H3,(H,27,33)(H,28,32). The summed E-state index contributed by atoms with van der Waals surface area (Å²) in [6.07, 6.45) is 1.97. The van der Waals surface area contributed by atoms with Gasteiger partial charge in [0.25, 0.3) is 11.5 Å².